The molecule has 1 unspecified atom stereocenters. The van der Waals surface area contributed by atoms with Gasteiger partial charge in [-0.2, -0.15) is 11.8 Å². The van der Waals surface area contributed by atoms with Crippen LogP contribution in [0.5, 0.6) is 0 Å². The van der Waals surface area contributed by atoms with Crippen LogP contribution < -0.4 is 5.32 Å². The molecule has 3 rings (SSSR count). The van der Waals surface area contributed by atoms with Crippen LogP contribution in [0.25, 0.3) is 0 Å². The van der Waals surface area contributed by atoms with Crippen molar-refractivity contribution in [1.29, 1.82) is 0 Å². The largest absolute Gasteiger partial charge is 0.370 e. The van der Waals surface area contributed by atoms with Crippen LogP contribution in [-0.2, 0) is 9.53 Å². The number of thioether (sulfide) groups is 1. The molecule has 0 radical (unpaired) electrons. The van der Waals surface area contributed by atoms with Crippen LogP contribution in [0.3, 0.4) is 0 Å². The van der Waals surface area contributed by atoms with Crippen LogP contribution in [0.4, 0.5) is 4.39 Å². The molecule has 0 aliphatic carbocycles. The van der Waals surface area contributed by atoms with Gasteiger partial charge in [-0.1, -0.05) is 12.1 Å². The fraction of sp³-hybridized carbons (Fsp3) is 0.600. The third kappa shape index (κ3) is 5.02. The Labute approximate surface area is 164 Å². The van der Waals surface area contributed by atoms with Crippen molar-refractivity contribution < 1.29 is 18.7 Å². The average Bonchev–Trinajstić information content (AvgIpc) is 3.07. The van der Waals surface area contributed by atoms with E-state index in [2.05, 4.69) is 5.32 Å². The van der Waals surface area contributed by atoms with Crippen LogP contribution in [0.2, 0.25) is 0 Å². The van der Waals surface area contributed by atoms with Gasteiger partial charge in [0, 0.05) is 31.8 Å². The van der Waals surface area contributed by atoms with Gasteiger partial charge >= 0.3 is 0 Å². The van der Waals surface area contributed by atoms with Crippen LogP contribution in [0, 0.1) is 5.82 Å². The van der Waals surface area contributed by atoms with Crippen LogP contribution in [0.15, 0.2) is 24.3 Å². The summed E-state index contributed by atoms with van der Waals surface area (Å²) < 4.78 is 19.9. The number of hydrogen-bond donors (Lipinski definition) is 1. The number of piperidine rings is 1. The molecule has 1 N–H and O–H groups in total. The van der Waals surface area contributed by atoms with Gasteiger partial charge in [0.2, 0.25) is 5.91 Å². The molecule has 2 saturated heterocycles. The van der Waals surface area contributed by atoms with Crippen molar-refractivity contribution in [3.05, 3.63) is 35.6 Å². The lowest BCUT2D eigenvalue weighted by Crippen LogP contribution is -2.47. The Kier molecular flexibility index (Phi) is 6.76. The normalized spacial score (nSPS) is 21.4. The van der Waals surface area contributed by atoms with Crippen LogP contribution in [-0.4, -0.2) is 60.1 Å². The lowest BCUT2D eigenvalue weighted by molar-refractivity contribution is -0.137. The van der Waals surface area contributed by atoms with Crippen molar-refractivity contribution >= 4 is 23.6 Å². The molecule has 1 aromatic rings. The van der Waals surface area contributed by atoms with Crippen LogP contribution >= 0.6 is 11.8 Å². The fourth-order valence-electron chi connectivity index (χ4n) is 3.87. The highest BCUT2D eigenvalue weighted by Crippen LogP contribution is 2.38. The Hall–Kier alpha value is -1.60. The number of benzene rings is 1. The molecule has 7 heteroatoms. The number of carbonyl (C=O) groups is 2. The third-order valence-corrected chi connectivity index (χ3v) is 6.11. The molecule has 1 atom stereocenters. The molecule has 2 fully saturated rings. The Morgan fingerprint density at radius 2 is 2.04 bits per heavy atom. The minimum Gasteiger partial charge on any atom is -0.370 e. The van der Waals surface area contributed by atoms with E-state index in [9.17, 15) is 14.0 Å². The number of halogens is 1. The van der Waals surface area contributed by atoms with E-state index in [4.69, 9.17) is 4.74 Å². The quantitative estimate of drug-likeness (QED) is 0.806. The molecule has 1 aromatic carbocycles. The van der Waals surface area contributed by atoms with Gasteiger partial charge in [-0.25, -0.2) is 4.39 Å². The highest BCUT2D eigenvalue weighted by atomic mass is 32.2. The number of nitrogens with zero attached hydrogens (tertiary/aromatic N) is 1. The van der Waals surface area contributed by atoms with Gasteiger partial charge in [-0.15, -0.1) is 0 Å². The molecule has 148 valence electrons. The highest BCUT2D eigenvalue weighted by Gasteiger charge is 2.43. The summed E-state index contributed by atoms with van der Waals surface area (Å²) in [6.45, 7) is 1.86. The van der Waals surface area contributed by atoms with Crippen molar-refractivity contribution in [2.45, 2.75) is 43.8 Å². The van der Waals surface area contributed by atoms with Crippen molar-refractivity contribution in [1.82, 2.24) is 10.2 Å². The lowest BCUT2D eigenvalue weighted by Gasteiger charge is -2.39. The van der Waals surface area contributed by atoms with Crippen molar-refractivity contribution in [3.8, 4) is 0 Å². The summed E-state index contributed by atoms with van der Waals surface area (Å²) >= 11 is 1.69. The standard InChI is InChI=1S/C20H27FN2O3S/c1-27-13-7-18(24)23-11-9-20(10-12-23)8-6-15(26-20)14-22-19(25)16-4-2-3-5-17(16)21/h2-5,15H,6-14H2,1H3,(H,22,25). The maximum atomic E-state index is 13.7. The van der Waals surface area contributed by atoms with E-state index in [1.165, 1.54) is 12.1 Å². The molecule has 0 aromatic heterocycles. The van der Waals surface area contributed by atoms with Gasteiger partial charge in [0.05, 0.1) is 17.3 Å². The highest BCUT2D eigenvalue weighted by molar-refractivity contribution is 7.98. The molecular formula is C20H27FN2O3S. The number of amides is 2. The number of ether oxygens (including phenoxy) is 1. The summed E-state index contributed by atoms with van der Waals surface area (Å²) in [5.41, 5.74) is -0.119. The van der Waals surface area contributed by atoms with Crippen molar-refractivity contribution in [3.63, 3.8) is 0 Å². The molecular weight excluding hydrogens is 367 g/mol. The maximum Gasteiger partial charge on any atom is 0.254 e. The number of rotatable bonds is 6. The minimum atomic E-state index is -0.516. The van der Waals surface area contributed by atoms with E-state index >= 15 is 0 Å². The number of nitrogens with one attached hydrogen (secondary N) is 1. The van der Waals surface area contributed by atoms with E-state index in [0.717, 1.165) is 44.5 Å². The van der Waals surface area contributed by atoms with Gasteiger partial charge in [0.25, 0.3) is 5.91 Å². The van der Waals surface area contributed by atoms with Crippen LogP contribution in [0.1, 0.15) is 42.5 Å². The number of likely N-dealkylation sites (tertiary alicyclic amines) is 1. The summed E-state index contributed by atoms with van der Waals surface area (Å²) in [5, 5.41) is 2.78. The predicted molar refractivity (Wildman–Crippen MR) is 104 cm³/mol. The number of carbonyl (C=O) groups excluding carboxylic acids is 2. The SMILES string of the molecule is CSCCC(=O)N1CCC2(CCC(CNC(=O)c3ccccc3F)O2)CC1. The monoisotopic (exact) mass is 394 g/mol. The fourth-order valence-corrected chi connectivity index (χ4v) is 4.24. The van der Waals surface area contributed by atoms with Gasteiger partial charge in [0.1, 0.15) is 5.82 Å². The second-order valence-corrected chi connectivity index (χ2v) is 8.26. The first kappa shape index (κ1) is 20.1. The molecule has 1 spiro atoms. The van der Waals surface area contributed by atoms with Gasteiger partial charge in [-0.3, -0.25) is 9.59 Å². The number of hydrogen-bond acceptors (Lipinski definition) is 4. The minimum absolute atomic E-state index is 0.0560. The molecule has 0 bridgehead atoms. The summed E-state index contributed by atoms with van der Waals surface area (Å²) in [5.74, 6) is 0.163. The third-order valence-electron chi connectivity index (χ3n) is 5.49. The topological polar surface area (TPSA) is 58.6 Å². The van der Waals surface area contributed by atoms with Crippen molar-refractivity contribution in [2.24, 2.45) is 0 Å². The molecule has 27 heavy (non-hydrogen) atoms. The van der Waals surface area contributed by atoms with Gasteiger partial charge in [-0.05, 0) is 44.1 Å². The molecule has 2 heterocycles. The maximum absolute atomic E-state index is 13.7. The first-order valence-corrected chi connectivity index (χ1v) is 10.9. The predicted octanol–water partition coefficient (Wildman–Crippen LogP) is 2.85. The Balaban J connectivity index is 1.45. The first-order valence-electron chi connectivity index (χ1n) is 9.50. The van der Waals surface area contributed by atoms with Gasteiger partial charge < -0.3 is 15.0 Å². The van der Waals surface area contributed by atoms with E-state index < -0.39 is 11.7 Å². The second-order valence-electron chi connectivity index (χ2n) is 7.28. The Bertz CT molecular complexity index is 677. The van der Waals surface area contributed by atoms with E-state index in [1.807, 2.05) is 11.2 Å². The van der Waals surface area contributed by atoms with Crippen molar-refractivity contribution in [2.75, 3.05) is 31.6 Å². The summed E-state index contributed by atoms with van der Waals surface area (Å²) in [6, 6.07) is 5.97. The van der Waals surface area contributed by atoms with E-state index in [1.54, 1.807) is 23.9 Å². The molecule has 2 amide bonds. The van der Waals surface area contributed by atoms with E-state index in [0.29, 0.717) is 13.0 Å². The van der Waals surface area contributed by atoms with E-state index in [-0.39, 0.29) is 23.2 Å². The lowest BCUT2D eigenvalue weighted by atomic mass is 9.88. The molecule has 2 aliphatic rings. The summed E-state index contributed by atoms with van der Waals surface area (Å²) in [6.07, 6.45) is 6.05. The first-order chi connectivity index (χ1) is 13.0. The second kappa shape index (κ2) is 9.06. The zero-order chi connectivity index (χ0) is 19.3. The molecule has 0 saturated carbocycles. The zero-order valence-corrected chi connectivity index (χ0v) is 16.5. The Morgan fingerprint density at radius 3 is 2.74 bits per heavy atom. The smallest absolute Gasteiger partial charge is 0.254 e. The zero-order valence-electron chi connectivity index (χ0n) is 15.7. The molecule has 5 nitrogen and oxygen atoms in total. The molecule has 2 aliphatic heterocycles. The Morgan fingerprint density at radius 1 is 1.30 bits per heavy atom. The average molecular weight is 395 g/mol. The summed E-state index contributed by atoms with van der Waals surface area (Å²) in [7, 11) is 0. The van der Waals surface area contributed by atoms with Gasteiger partial charge in [0.15, 0.2) is 0 Å². The summed E-state index contributed by atoms with van der Waals surface area (Å²) in [4.78, 5) is 26.2.